The zero-order valence-corrected chi connectivity index (χ0v) is 10.6. The molecule has 2 rings (SSSR count). The van der Waals surface area contributed by atoms with Crippen LogP contribution in [0.2, 0.25) is 0 Å². The van der Waals surface area contributed by atoms with Gasteiger partial charge in [-0.15, -0.1) is 0 Å². The molecule has 0 aliphatic carbocycles. The standard InChI is InChI=1S/C17H14N2/c18-12-15-7-4-8-16(11-15)17(13-19)10-9-14-5-2-1-3-6-14/h1-8,11,17H,9-10H2. The van der Waals surface area contributed by atoms with Crippen molar-refractivity contribution in [3.8, 4) is 12.1 Å². The Labute approximate surface area is 113 Å². The first-order chi connectivity index (χ1) is 9.33. The first-order valence-electron chi connectivity index (χ1n) is 6.27. The van der Waals surface area contributed by atoms with Crippen molar-refractivity contribution in [2.24, 2.45) is 0 Å². The second kappa shape index (κ2) is 6.38. The van der Waals surface area contributed by atoms with E-state index in [-0.39, 0.29) is 5.92 Å². The molecule has 0 amide bonds. The molecule has 0 saturated heterocycles. The molecule has 1 unspecified atom stereocenters. The Bertz CT molecular complexity index is 618. The average Bonchev–Trinajstić information content (AvgIpc) is 2.49. The van der Waals surface area contributed by atoms with Crippen LogP contribution in [0.3, 0.4) is 0 Å². The third kappa shape index (κ3) is 3.44. The summed E-state index contributed by atoms with van der Waals surface area (Å²) in [5.41, 5.74) is 2.77. The van der Waals surface area contributed by atoms with Crippen LogP contribution >= 0.6 is 0 Å². The predicted octanol–water partition coefficient (Wildman–Crippen LogP) is 3.80. The highest BCUT2D eigenvalue weighted by atomic mass is 14.3. The largest absolute Gasteiger partial charge is 0.198 e. The lowest BCUT2D eigenvalue weighted by Crippen LogP contribution is -1.99. The summed E-state index contributed by atoms with van der Waals surface area (Å²) in [5.74, 6) is -0.159. The summed E-state index contributed by atoms with van der Waals surface area (Å²) < 4.78 is 0. The number of rotatable bonds is 4. The first kappa shape index (κ1) is 12.9. The van der Waals surface area contributed by atoms with Crippen LogP contribution in [0.5, 0.6) is 0 Å². The van der Waals surface area contributed by atoms with Gasteiger partial charge in [0.25, 0.3) is 0 Å². The molecule has 0 aliphatic heterocycles. The van der Waals surface area contributed by atoms with Gasteiger partial charge in [0.05, 0.1) is 23.6 Å². The molecule has 1 atom stereocenters. The fourth-order valence-corrected chi connectivity index (χ4v) is 2.09. The number of hydrogen-bond acceptors (Lipinski definition) is 2. The molecular formula is C17H14N2. The lowest BCUT2D eigenvalue weighted by molar-refractivity contribution is 0.746. The molecule has 19 heavy (non-hydrogen) atoms. The van der Waals surface area contributed by atoms with Gasteiger partial charge in [0.15, 0.2) is 0 Å². The molecule has 2 nitrogen and oxygen atoms in total. The predicted molar refractivity (Wildman–Crippen MR) is 74.3 cm³/mol. The molecule has 2 aromatic rings. The Hall–Kier alpha value is -2.58. The summed E-state index contributed by atoms with van der Waals surface area (Å²) in [6.07, 6.45) is 1.64. The van der Waals surface area contributed by atoms with E-state index in [4.69, 9.17) is 5.26 Å². The molecule has 0 N–H and O–H groups in total. The van der Waals surface area contributed by atoms with E-state index in [1.807, 2.05) is 30.3 Å². The Balaban J connectivity index is 2.09. The third-order valence-electron chi connectivity index (χ3n) is 3.14. The minimum absolute atomic E-state index is 0.159. The van der Waals surface area contributed by atoms with E-state index < -0.39 is 0 Å². The highest BCUT2D eigenvalue weighted by Crippen LogP contribution is 2.22. The van der Waals surface area contributed by atoms with Gasteiger partial charge in [-0.2, -0.15) is 10.5 Å². The molecule has 0 heterocycles. The topological polar surface area (TPSA) is 47.6 Å². The molecule has 0 fully saturated rings. The van der Waals surface area contributed by atoms with Crippen LogP contribution in [-0.2, 0) is 6.42 Å². The average molecular weight is 246 g/mol. The van der Waals surface area contributed by atoms with Gasteiger partial charge in [0, 0.05) is 0 Å². The lowest BCUT2D eigenvalue weighted by Gasteiger charge is -2.09. The molecule has 0 aliphatic rings. The maximum absolute atomic E-state index is 9.29. The monoisotopic (exact) mass is 246 g/mol. The Morgan fingerprint density at radius 2 is 1.74 bits per heavy atom. The Morgan fingerprint density at radius 1 is 0.947 bits per heavy atom. The fourth-order valence-electron chi connectivity index (χ4n) is 2.09. The fraction of sp³-hybridized carbons (Fsp3) is 0.176. The van der Waals surface area contributed by atoms with Crippen LogP contribution in [0, 0.1) is 22.7 Å². The second-order valence-corrected chi connectivity index (χ2v) is 4.44. The zero-order chi connectivity index (χ0) is 13.5. The molecule has 0 aromatic heterocycles. The van der Waals surface area contributed by atoms with Crippen LogP contribution in [0.1, 0.15) is 29.0 Å². The number of hydrogen-bond donors (Lipinski definition) is 0. The molecule has 0 saturated carbocycles. The van der Waals surface area contributed by atoms with Gasteiger partial charge in [-0.05, 0) is 36.1 Å². The van der Waals surface area contributed by atoms with E-state index in [0.717, 1.165) is 18.4 Å². The number of benzene rings is 2. The van der Waals surface area contributed by atoms with Crippen molar-refractivity contribution in [3.05, 3.63) is 71.3 Å². The molecular weight excluding hydrogens is 232 g/mol. The Morgan fingerprint density at radius 3 is 2.42 bits per heavy atom. The number of nitrogens with zero attached hydrogens (tertiary/aromatic N) is 2. The lowest BCUT2D eigenvalue weighted by atomic mass is 9.92. The van der Waals surface area contributed by atoms with Crippen LogP contribution in [-0.4, -0.2) is 0 Å². The van der Waals surface area contributed by atoms with Crippen molar-refractivity contribution in [3.63, 3.8) is 0 Å². The summed E-state index contributed by atoms with van der Waals surface area (Å²) in [6, 6.07) is 21.9. The summed E-state index contributed by atoms with van der Waals surface area (Å²) >= 11 is 0. The Kier molecular flexibility index (Phi) is 4.32. The SMILES string of the molecule is N#Cc1cccc(C(C#N)CCc2ccccc2)c1. The van der Waals surface area contributed by atoms with Crippen LogP contribution in [0.25, 0.3) is 0 Å². The second-order valence-electron chi connectivity index (χ2n) is 4.44. The highest BCUT2D eigenvalue weighted by molar-refractivity contribution is 5.36. The molecule has 92 valence electrons. The van der Waals surface area contributed by atoms with E-state index >= 15 is 0 Å². The summed E-state index contributed by atoms with van der Waals surface area (Å²) in [7, 11) is 0. The van der Waals surface area contributed by atoms with Crippen molar-refractivity contribution < 1.29 is 0 Å². The molecule has 0 radical (unpaired) electrons. The van der Waals surface area contributed by atoms with Crippen LogP contribution < -0.4 is 0 Å². The van der Waals surface area contributed by atoms with Gasteiger partial charge in [-0.1, -0.05) is 42.5 Å². The quantitative estimate of drug-likeness (QED) is 0.823. The first-order valence-corrected chi connectivity index (χ1v) is 6.27. The van der Waals surface area contributed by atoms with Crippen molar-refractivity contribution >= 4 is 0 Å². The van der Waals surface area contributed by atoms with Crippen molar-refractivity contribution in [2.75, 3.05) is 0 Å². The van der Waals surface area contributed by atoms with E-state index in [9.17, 15) is 5.26 Å². The van der Waals surface area contributed by atoms with Gasteiger partial charge >= 0.3 is 0 Å². The van der Waals surface area contributed by atoms with Gasteiger partial charge in [-0.3, -0.25) is 0 Å². The minimum Gasteiger partial charge on any atom is -0.198 e. The van der Waals surface area contributed by atoms with Crippen molar-refractivity contribution in [2.45, 2.75) is 18.8 Å². The molecule has 0 spiro atoms. The normalized spacial score (nSPS) is 11.3. The van der Waals surface area contributed by atoms with Crippen molar-refractivity contribution in [1.29, 1.82) is 10.5 Å². The summed E-state index contributed by atoms with van der Waals surface area (Å²) in [6.45, 7) is 0. The van der Waals surface area contributed by atoms with Gasteiger partial charge in [-0.25, -0.2) is 0 Å². The molecule has 0 bridgehead atoms. The van der Waals surface area contributed by atoms with E-state index in [0.29, 0.717) is 5.56 Å². The molecule has 2 heteroatoms. The van der Waals surface area contributed by atoms with Gasteiger partial charge < -0.3 is 0 Å². The maximum Gasteiger partial charge on any atom is 0.0991 e. The van der Waals surface area contributed by atoms with Gasteiger partial charge in [0.1, 0.15) is 0 Å². The molecule has 2 aromatic carbocycles. The van der Waals surface area contributed by atoms with Crippen LogP contribution in [0.4, 0.5) is 0 Å². The van der Waals surface area contributed by atoms with E-state index in [1.165, 1.54) is 5.56 Å². The van der Waals surface area contributed by atoms with Crippen molar-refractivity contribution in [1.82, 2.24) is 0 Å². The minimum atomic E-state index is -0.159. The van der Waals surface area contributed by atoms with Gasteiger partial charge in [0.2, 0.25) is 0 Å². The summed E-state index contributed by atoms with van der Waals surface area (Å²) in [5, 5.41) is 18.2. The third-order valence-corrected chi connectivity index (χ3v) is 3.14. The summed E-state index contributed by atoms with van der Waals surface area (Å²) in [4.78, 5) is 0. The van der Waals surface area contributed by atoms with E-state index in [1.54, 1.807) is 12.1 Å². The smallest absolute Gasteiger partial charge is 0.0991 e. The number of aryl methyl sites for hydroxylation is 1. The zero-order valence-electron chi connectivity index (χ0n) is 10.6. The number of nitriles is 2. The van der Waals surface area contributed by atoms with E-state index in [2.05, 4.69) is 24.3 Å². The van der Waals surface area contributed by atoms with Crippen LogP contribution in [0.15, 0.2) is 54.6 Å². The maximum atomic E-state index is 9.29. The highest BCUT2D eigenvalue weighted by Gasteiger charge is 2.11.